The predicted octanol–water partition coefficient (Wildman–Crippen LogP) is 1.60. The number of rotatable bonds is 1. The molecule has 1 N–H and O–H groups in total. The second kappa shape index (κ2) is 3.14. The van der Waals surface area contributed by atoms with Gasteiger partial charge in [0.15, 0.2) is 0 Å². The summed E-state index contributed by atoms with van der Waals surface area (Å²) < 4.78 is 1.96. The number of anilines is 1. The zero-order valence-electron chi connectivity index (χ0n) is 8.11. The number of fused-ring (bicyclic) bond motifs is 1. The van der Waals surface area contributed by atoms with Crippen molar-refractivity contribution in [1.82, 2.24) is 9.38 Å². The van der Waals surface area contributed by atoms with Gasteiger partial charge in [0.25, 0.3) is 0 Å². The van der Waals surface area contributed by atoms with E-state index in [1.54, 1.807) is 6.33 Å². The first kappa shape index (κ1) is 8.74. The molecule has 0 aliphatic carbocycles. The molecule has 0 fully saturated rings. The molecule has 0 saturated heterocycles. The Hall–Kier alpha value is -1.84. The van der Waals surface area contributed by atoms with E-state index in [4.69, 9.17) is 0 Å². The van der Waals surface area contributed by atoms with E-state index >= 15 is 0 Å². The average molecular weight is 189 g/mol. The zero-order valence-corrected chi connectivity index (χ0v) is 8.11. The first-order valence-electron chi connectivity index (χ1n) is 4.38. The summed E-state index contributed by atoms with van der Waals surface area (Å²) in [6.07, 6.45) is 1.70. The molecule has 2 aromatic rings. The third-order valence-corrected chi connectivity index (χ3v) is 2.05. The van der Waals surface area contributed by atoms with Crippen LogP contribution in [0.3, 0.4) is 0 Å². The predicted molar refractivity (Wildman–Crippen MR) is 54.2 cm³/mol. The lowest BCUT2D eigenvalue weighted by atomic mass is 10.4. The SMILES string of the molecule is CC(=O)Nc1cc2ccc(C)n2cn1. The molecular weight excluding hydrogens is 178 g/mol. The van der Waals surface area contributed by atoms with Crippen LogP contribution in [-0.2, 0) is 4.79 Å². The molecule has 1 amide bonds. The molecule has 0 atom stereocenters. The average Bonchev–Trinajstić information content (AvgIpc) is 2.46. The maximum Gasteiger partial charge on any atom is 0.222 e. The number of nitrogens with zero attached hydrogens (tertiary/aromatic N) is 2. The van der Waals surface area contributed by atoms with Crippen LogP contribution >= 0.6 is 0 Å². The Kier molecular flexibility index (Phi) is 1.96. The minimum absolute atomic E-state index is 0.106. The quantitative estimate of drug-likeness (QED) is 0.740. The number of hydrogen-bond donors (Lipinski definition) is 1. The Balaban J connectivity index is 2.46. The Labute approximate surface area is 81.6 Å². The highest BCUT2D eigenvalue weighted by Gasteiger charge is 2.00. The van der Waals surface area contributed by atoms with Crippen molar-refractivity contribution < 1.29 is 4.79 Å². The summed E-state index contributed by atoms with van der Waals surface area (Å²) >= 11 is 0. The molecule has 14 heavy (non-hydrogen) atoms. The van der Waals surface area contributed by atoms with Gasteiger partial charge in [0, 0.05) is 18.7 Å². The van der Waals surface area contributed by atoms with Gasteiger partial charge >= 0.3 is 0 Å². The first-order valence-corrected chi connectivity index (χ1v) is 4.38. The van der Waals surface area contributed by atoms with Crippen LogP contribution in [0, 0.1) is 6.92 Å². The Morgan fingerprint density at radius 1 is 1.50 bits per heavy atom. The third-order valence-electron chi connectivity index (χ3n) is 2.05. The molecule has 0 bridgehead atoms. The van der Waals surface area contributed by atoms with Crippen LogP contribution in [0.4, 0.5) is 5.82 Å². The second-order valence-electron chi connectivity index (χ2n) is 3.22. The van der Waals surface area contributed by atoms with Crippen molar-refractivity contribution in [3.63, 3.8) is 0 Å². The monoisotopic (exact) mass is 189 g/mol. The molecule has 0 saturated carbocycles. The summed E-state index contributed by atoms with van der Waals surface area (Å²) in [6, 6.07) is 5.84. The Bertz CT molecular complexity index is 487. The van der Waals surface area contributed by atoms with E-state index in [0.717, 1.165) is 11.2 Å². The fraction of sp³-hybridized carbons (Fsp3) is 0.200. The fourth-order valence-electron chi connectivity index (χ4n) is 1.39. The standard InChI is InChI=1S/C10H11N3O/c1-7-3-4-9-5-10(12-8(2)14)11-6-13(7)9/h3-6H,1-2H3,(H,12,14). The number of carbonyl (C=O) groups is 1. The van der Waals surface area contributed by atoms with Gasteiger partial charge in [-0.1, -0.05) is 0 Å². The highest BCUT2D eigenvalue weighted by molar-refractivity contribution is 5.88. The van der Waals surface area contributed by atoms with Crippen LogP contribution in [0.5, 0.6) is 0 Å². The van der Waals surface area contributed by atoms with Crippen molar-refractivity contribution in [3.8, 4) is 0 Å². The fourth-order valence-corrected chi connectivity index (χ4v) is 1.39. The van der Waals surface area contributed by atoms with E-state index in [2.05, 4.69) is 10.3 Å². The van der Waals surface area contributed by atoms with Crippen LogP contribution in [0.2, 0.25) is 0 Å². The lowest BCUT2D eigenvalue weighted by Crippen LogP contribution is -2.07. The number of amides is 1. The van der Waals surface area contributed by atoms with E-state index in [0.29, 0.717) is 5.82 Å². The minimum Gasteiger partial charge on any atom is -0.311 e. The molecule has 4 nitrogen and oxygen atoms in total. The Morgan fingerprint density at radius 2 is 2.29 bits per heavy atom. The molecule has 2 heterocycles. The van der Waals surface area contributed by atoms with Gasteiger partial charge in [0.05, 0.1) is 5.52 Å². The third kappa shape index (κ3) is 1.46. The van der Waals surface area contributed by atoms with Gasteiger partial charge in [-0.15, -0.1) is 0 Å². The molecule has 2 aromatic heterocycles. The molecule has 2 rings (SSSR count). The zero-order chi connectivity index (χ0) is 10.1. The molecule has 0 unspecified atom stereocenters. The van der Waals surface area contributed by atoms with Gasteiger partial charge in [-0.05, 0) is 19.1 Å². The van der Waals surface area contributed by atoms with Gasteiger partial charge in [0.1, 0.15) is 12.1 Å². The lowest BCUT2D eigenvalue weighted by molar-refractivity contribution is -0.114. The second-order valence-corrected chi connectivity index (χ2v) is 3.22. The van der Waals surface area contributed by atoms with E-state index in [1.165, 1.54) is 6.92 Å². The van der Waals surface area contributed by atoms with Gasteiger partial charge in [-0.2, -0.15) is 0 Å². The van der Waals surface area contributed by atoms with E-state index in [1.807, 2.05) is 29.5 Å². The number of aromatic nitrogens is 2. The summed E-state index contributed by atoms with van der Waals surface area (Å²) in [5.74, 6) is 0.480. The van der Waals surface area contributed by atoms with Crippen molar-refractivity contribution in [2.24, 2.45) is 0 Å². The molecule has 0 radical (unpaired) electrons. The maximum absolute atomic E-state index is 10.8. The lowest BCUT2D eigenvalue weighted by Gasteiger charge is -2.02. The van der Waals surface area contributed by atoms with Crippen LogP contribution < -0.4 is 5.32 Å². The highest BCUT2D eigenvalue weighted by Crippen LogP contribution is 2.12. The van der Waals surface area contributed by atoms with Crippen molar-refractivity contribution in [3.05, 3.63) is 30.2 Å². The van der Waals surface area contributed by atoms with Crippen LogP contribution in [0.15, 0.2) is 24.5 Å². The first-order chi connectivity index (χ1) is 6.66. The molecule has 0 spiro atoms. The minimum atomic E-state index is -0.106. The van der Waals surface area contributed by atoms with Gasteiger partial charge in [-0.25, -0.2) is 4.98 Å². The van der Waals surface area contributed by atoms with E-state index < -0.39 is 0 Å². The van der Waals surface area contributed by atoms with Gasteiger partial charge < -0.3 is 9.72 Å². The van der Waals surface area contributed by atoms with Crippen molar-refractivity contribution in [2.75, 3.05) is 5.32 Å². The van der Waals surface area contributed by atoms with Crippen LogP contribution in [0.25, 0.3) is 5.52 Å². The van der Waals surface area contributed by atoms with Gasteiger partial charge in [-0.3, -0.25) is 4.79 Å². The molecule has 0 aromatic carbocycles. The molecule has 4 heteroatoms. The van der Waals surface area contributed by atoms with Gasteiger partial charge in [0.2, 0.25) is 5.91 Å². The Morgan fingerprint density at radius 3 is 3.00 bits per heavy atom. The summed E-state index contributed by atoms with van der Waals surface area (Å²) in [5, 5.41) is 2.64. The highest BCUT2D eigenvalue weighted by atomic mass is 16.1. The number of hydrogen-bond acceptors (Lipinski definition) is 2. The molecule has 0 aliphatic heterocycles. The summed E-state index contributed by atoms with van der Waals surface area (Å²) in [5.41, 5.74) is 2.16. The number of aryl methyl sites for hydroxylation is 1. The molecular formula is C10H11N3O. The van der Waals surface area contributed by atoms with Crippen LogP contribution in [0.1, 0.15) is 12.6 Å². The molecule has 72 valence electrons. The summed E-state index contributed by atoms with van der Waals surface area (Å²) in [7, 11) is 0. The molecule has 0 aliphatic rings. The maximum atomic E-state index is 10.8. The van der Waals surface area contributed by atoms with Crippen LogP contribution in [-0.4, -0.2) is 15.3 Å². The summed E-state index contributed by atoms with van der Waals surface area (Å²) in [6.45, 7) is 3.47. The number of nitrogens with one attached hydrogen (secondary N) is 1. The van der Waals surface area contributed by atoms with Crippen molar-refractivity contribution in [1.29, 1.82) is 0 Å². The van der Waals surface area contributed by atoms with E-state index in [-0.39, 0.29) is 5.91 Å². The number of carbonyl (C=O) groups excluding carboxylic acids is 1. The smallest absolute Gasteiger partial charge is 0.222 e. The summed E-state index contributed by atoms with van der Waals surface area (Å²) in [4.78, 5) is 14.9. The largest absolute Gasteiger partial charge is 0.311 e. The van der Waals surface area contributed by atoms with Crippen molar-refractivity contribution in [2.45, 2.75) is 13.8 Å². The normalized spacial score (nSPS) is 10.4. The van der Waals surface area contributed by atoms with Crippen molar-refractivity contribution >= 4 is 17.2 Å². The topological polar surface area (TPSA) is 46.4 Å². The van der Waals surface area contributed by atoms with E-state index in [9.17, 15) is 4.79 Å².